The topological polar surface area (TPSA) is 59.0 Å². The summed E-state index contributed by atoms with van der Waals surface area (Å²) in [5, 5.41) is 11.9. The maximum Gasteiger partial charge on any atom is 0.221 e. The number of para-hydroxylation sites is 1. The summed E-state index contributed by atoms with van der Waals surface area (Å²) < 4.78 is 1.89. The first kappa shape index (κ1) is 15.5. The van der Waals surface area contributed by atoms with Crippen LogP contribution in [0.4, 0.5) is 0 Å². The predicted molar refractivity (Wildman–Crippen MR) is 84.9 cm³/mol. The highest BCUT2D eigenvalue weighted by atomic mass is 16.1. The molecule has 0 unspecified atom stereocenters. The molecule has 5 heteroatoms. The van der Waals surface area contributed by atoms with E-state index in [1.165, 1.54) is 0 Å². The summed E-state index contributed by atoms with van der Waals surface area (Å²) in [6, 6.07) is 8.17. The molecule has 1 heterocycles. The minimum atomic E-state index is 0.0991. The van der Waals surface area contributed by atoms with E-state index in [9.17, 15) is 4.79 Å². The van der Waals surface area contributed by atoms with E-state index in [0.29, 0.717) is 25.4 Å². The van der Waals surface area contributed by atoms with Crippen LogP contribution in [0, 0.1) is 5.92 Å². The fourth-order valence-corrected chi connectivity index (χ4v) is 2.23. The average Bonchev–Trinajstić information content (AvgIpc) is 2.79. The van der Waals surface area contributed by atoms with Crippen LogP contribution in [0.1, 0.15) is 26.0 Å². The van der Waals surface area contributed by atoms with E-state index in [1.807, 2.05) is 23.9 Å². The summed E-state index contributed by atoms with van der Waals surface area (Å²) in [5.41, 5.74) is 2.15. The van der Waals surface area contributed by atoms with Gasteiger partial charge in [0.2, 0.25) is 5.91 Å². The SMILES string of the molecule is CC(C)CNC(=O)CCNCc1nn(C)c2ccccc12. The number of fused-ring (bicyclic) bond motifs is 1. The van der Waals surface area contributed by atoms with Gasteiger partial charge in [0.15, 0.2) is 0 Å². The van der Waals surface area contributed by atoms with E-state index in [1.54, 1.807) is 0 Å². The number of carbonyl (C=O) groups is 1. The van der Waals surface area contributed by atoms with Crippen LogP contribution in [-0.4, -0.2) is 28.8 Å². The minimum absolute atomic E-state index is 0.0991. The Kier molecular flexibility index (Phi) is 5.33. The number of benzene rings is 1. The number of aromatic nitrogens is 2. The van der Waals surface area contributed by atoms with Crippen LogP contribution >= 0.6 is 0 Å². The summed E-state index contributed by atoms with van der Waals surface area (Å²) in [5.74, 6) is 0.587. The highest BCUT2D eigenvalue weighted by molar-refractivity contribution is 5.81. The van der Waals surface area contributed by atoms with E-state index in [-0.39, 0.29) is 5.91 Å². The maximum absolute atomic E-state index is 11.6. The molecule has 1 aromatic heterocycles. The second kappa shape index (κ2) is 7.22. The molecule has 0 aliphatic heterocycles. The van der Waals surface area contributed by atoms with Crippen molar-refractivity contribution in [2.45, 2.75) is 26.8 Å². The third-order valence-corrected chi connectivity index (χ3v) is 3.36. The number of hydrogen-bond donors (Lipinski definition) is 2. The Balaban J connectivity index is 1.79. The molecule has 21 heavy (non-hydrogen) atoms. The molecule has 0 radical (unpaired) electrons. The highest BCUT2D eigenvalue weighted by Gasteiger charge is 2.07. The van der Waals surface area contributed by atoms with Crippen molar-refractivity contribution >= 4 is 16.8 Å². The van der Waals surface area contributed by atoms with E-state index in [0.717, 1.165) is 23.1 Å². The molecule has 5 nitrogen and oxygen atoms in total. The lowest BCUT2D eigenvalue weighted by Gasteiger charge is -2.07. The first-order valence-electron chi connectivity index (χ1n) is 7.46. The van der Waals surface area contributed by atoms with Gasteiger partial charge in [0.05, 0.1) is 11.2 Å². The van der Waals surface area contributed by atoms with Crippen molar-refractivity contribution in [3.05, 3.63) is 30.0 Å². The molecule has 0 aliphatic carbocycles. The molecule has 0 saturated heterocycles. The van der Waals surface area contributed by atoms with Gasteiger partial charge in [-0.15, -0.1) is 0 Å². The van der Waals surface area contributed by atoms with Crippen LogP contribution in [0.25, 0.3) is 10.9 Å². The molecule has 1 amide bonds. The van der Waals surface area contributed by atoms with Crippen LogP contribution in [0.2, 0.25) is 0 Å². The number of nitrogens with one attached hydrogen (secondary N) is 2. The van der Waals surface area contributed by atoms with E-state index in [2.05, 4.69) is 41.7 Å². The van der Waals surface area contributed by atoms with Gasteiger partial charge in [0.25, 0.3) is 0 Å². The van der Waals surface area contributed by atoms with Crippen LogP contribution in [0.3, 0.4) is 0 Å². The Morgan fingerprint density at radius 3 is 2.86 bits per heavy atom. The molecule has 1 aromatic carbocycles. The van der Waals surface area contributed by atoms with E-state index in [4.69, 9.17) is 0 Å². The van der Waals surface area contributed by atoms with Crippen molar-refractivity contribution < 1.29 is 4.79 Å². The second-order valence-corrected chi connectivity index (χ2v) is 5.71. The van der Waals surface area contributed by atoms with Gasteiger partial charge in [-0.1, -0.05) is 32.0 Å². The zero-order valence-corrected chi connectivity index (χ0v) is 13.0. The number of rotatable bonds is 7. The fraction of sp³-hybridized carbons (Fsp3) is 0.500. The summed E-state index contributed by atoms with van der Waals surface area (Å²) in [7, 11) is 1.95. The Hall–Kier alpha value is -1.88. The molecule has 0 saturated carbocycles. The second-order valence-electron chi connectivity index (χ2n) is 5.71. The number of amides is 1. The van der Waals surface area contributed by atoms with Crippen molar-refractivity contribution in [2.24, 2.45) is 13.0 Å². The molecule has 0 bridgehead atoms. The van der Waals surface area contributed by atoms with Gasteiger partial charge in [-0.25, -0.2) is 0 Å². The van der Waals surface area contributed by atoms with Crippen molar-refractivity contribution in [3.63, 3.8) is 0 Å². The molecule has 0 fully saturated rings. The molecule has 2 N–H and O–H groups in total. The lowest BCUT2D eigenvalue weighted by Crippen LogP contribution is -2.30. The normalized spacial score (nSPS) is 11.2. The molecule has 0 aliphatic rings. The summed E-state index contributed by atoms with van der Waals surface area (Å²) in [6.07, 6.45) is 0.498. The number of carbonyl (C=O) groups excluding carboxylic acids is 1. The molecule has 0 spiro atoms. The van der Waals surface area contributed by atoms with E-state index >= 15 is 0 Å². The molecular formula is C16H24N4O. The summed E-state index contributed by atoms with van der Waals surface area (Å²) in [4.78, 5) is 11.6. The molecule has 2 rings (SSSR count). The number of aryl methyl sites for hydroxylation is 1. The Morgan fingerprint density at radius 2 is 2.10 bits per heavy atom. The third kappa shape index (κ3) is 4.29. The monoisotopic (exact) mass is 288 g/mol. The number of hydrogen-bond acceptors (Lipinski definition) is 3. The van der Waals surface area contributed by atoms with Crippen LogP contribution in [0.5, 0.6) is 0 Å². The standard InChI is InChI=1S/C16H24N4O/c1-12(2)10-18-16(21)8-9-17-11-14-13-6-4-5-7-15(13)20(3)19-14/h4-7,12,17H,8-11H2,1-3H3,(H,18,21). The average molecular weight is 288 g/mol. The van der Waals surface area contributed by atoms with Gasteiger partial charge in [0.1, 0.15) is 0 Å². The molecule has 114 valence electrons. The van der Waals surface area contributed by atoms with Crippen LogP contribution < -0.4 is 10.6 Å². The quantitative estimate of drug-likeness (QED) is 0.764. The predicted octanol–water partition coefficient (Wildman–Crippen LogP) is 1.83. The van der Waals surface area contributed by atoms with Crippen molar-refractivity contribution in [1.29, 1.82) is 0 Å². The van der Waals surface area contributed by atoms with Gasteiger partial charge in [-0.05, 0) is 12.0 Å². The van der Waals surface area contributed by atoms with Gasteiger partial charge < -0.3 is 10.6 Å². The van der Waals surface area contributed by atoms with Crippen LogP contribution in [0.15, 0.2) is 24.3 Å². The third-order valence-electron chi connectivity index (χ3n) is 3.36. The summed E-state index contributed by atoms with van der Waals surface area (Å²) >= 11 is 0. The lowest BCUT2D eigenvalue weighted by atomic mass is 10.2. The van der Waals surface area contributed by atoms with Crippen molar-refractivity contribution in [1.82, 2.24) is 20.4 Å². The molecular weight excluding hydrogens is 264 g/mol. The fourth-order valence-electron chi connectivity index (χ4n) is 2.23. The van der Waals surface area contributed by atoms with Gasteiger partial charge >= 0.3 is 0 Å². The van der Waals surface area contributed by atoms with Crippen LogP contribution in [-0.2, 0) is 18.4 Å². The van der Waals surface area contributed by atoms with Gasteiger partial charge in [-0.2, -0.15) is 5.10 Å². The first-order chi connectivity index (χ1) is 10.1. The van der Waals surface area contributed by atoms with E-state index < -0.39 is 0 Å². The van der Waals surface area contributed by atoms with Gasteiger partial charge in [0, 0.05) is 38.5 Å². The first-order valence-corrected chi connectivity index (χ1v) is 7.46. The summed E-state index contributed by atoms with van der Waals surface area (Å²) in [6.45, 7) is 6.26. The lowest BCUT2D eigenvalue weighted by molar-refractivity contribution is -0.121. The highest BCUT2D eigenvalue weighted by Crippen LogP contribution is 2.16. The number of nitrogens with zero attached hydrogens (tertiary/aromatic N) is 2. The Bertz CT molecular complexity index is 603. The Morgan fingerprint density at radius 1 is 1.33 bits per heavy atom. The smallest absolute Gasteiger partial charge is 0.221 e. The maximum atomic E-state index is 11.6. The zero-order chi connectivity index (χ0) is 15.2. The largest absolute Gasteiger partial charge is 0.356 e. The zero-order valence-electron chi connectivity index (χ0n) is 13.0. The van der Waals surface area contributed by atoms with Crippen molar-refractivity contribution in [2.75, 3.05) is 13.1 Å². The molecule has 0 atom stereocenters. The van der Waals surface area contributed by atoms with Gasteiger partial charge in [-0.3, -0.25) is 9.48 Å². The Labute approximate surface area is 125 Å². The molecule has 2 aromatic rings. The minimum Gasteiger partial charge on any atom is -0.356 e. The van der Waals surface area contributed by atoms with Crippen molar-refractivity contribution in [3.8, 4) is 0 Å².